The first-order chi connectivity index (χ1) is 11.7. The molecule has 0 saturated carbocycles. The van der Waals surface area contributed by atoms with Gasteiger partial charge in [0.05, 0.1) is 6.61 Å². The molecule has 1 aliphatic heterocycles. The van der Waals surface area contributed by atoms with Gasteiger partial charge in [-0.2, -0.15) is 0 Å². The van der Waals surface area contributed by atoms with Crippen LogP contribution in [0.2, 0.25) is 0 Å². The molecule has 1 saturated heterocycles. The van der Waals surface area contributed by atoms with Crippen molar-refractivity contribution in [3.8, 4) is 0 Å². The van der Waals surface area contributed by atoms with Crippen LogP contribution in [0.15, 0.2) is 41.5 Å². The SMILES string of the molecule is Cn1cnnc1[C@H]1CN(Cc2cc3ccccc3[nH]c2=O)CCO1. The monoisotopic (exact) mass is 325 g/mol. The number of rotatable bonds is 3. The van der Waals surface area contributed by atoms with E-state index in [0.29, 0.717) is 19.7 Å². The maximum absolute atomic E-state index is 12.3. The van der Waals surface area contributed by atoms with Crippen molar-refractivity contribution >= 4 is 10.9 Å². The highest BCUT2D eigenvalue weighted by molar-refractivity contribution is 5.78. The molecular weight excluding hydrogens is 306 g/mol. The number of H-pyrrole nitrogens is 1. The van der Waals surface area contributed by atoms with Crippen LogP contribution in [-0.4, -0.2) is 44.3 Å². The minimum absolute atomic E-state index is 0.0320. The molecule has 0 unspecified atom stereocenters. The molecule has 3 heterocycles. The van der Waals surface area contributed by atoms with E-state index in [9.17, 15) is 4.79 Å². The Morgan fingerprint density at radius 1 is 1.38 bits per heavy atom. The topological polar surface area (TPSA) is 76.0 Å². The third-order valence-electron chi connectivity index (χ3n) is 4.41. The molecule has 2 aromatic heterocycles. The van der Waals surface area contributed by atoms with Crippen LogP contribution in [0.25, 0.3) is 10.9 Å². The Labute approximate surface area is 138 Å². The van der Waals surface area contributed by atoms with Gasteiger partial charge >= 0.3 is 0 Å². The maximum atomic E-state index is 12.3. The minimum Gasteiger partial charge on any atom is -0.368 e. The lowest BCUT2D eigenvalue weighted by atomic mass is 10.1. The number of aromatic amines is 1. The molecule has 1 aromatic carbocycles. The molecule has 0 radical (unpaired) electrons. The van der Waals surface area contributed by atoms with Crippen LogP contribution in [0.5, 0.6) is 0 Å². The second-order valence-electron chi connectivity index (χ2n) is 6.11. The van der Waals surface area contributed by atoms with Crippen molar-refractivity contribution in [2.24, 2.45) is 7.05 Å². The molecule has 124 valence electrons. The minimum atomic E-state index is -0.120. The van der Waals surface area contributed by atoms with E-state index in [2.05, 4.69) is 20.1 Å². The van der Waals surface area contributed by atoms with E-state index in [0.717, 1.165) is 28.8 Å². The average Bonchev–Trinajstić information content (AvgIpc) is 3.02. The molecule has 24 heavy (non-hydrogen) atoms. The lowest BCUT2D eigenvalue weighted by Gasteiger charge is -2.32. The number of benzene rings is 1. The van der Waals surface area contributed by atoms with Crippen molar-refractivity contribution in [3.05, 3.63) is 58.4 Å². The molecule has 0 bridgehead atoms. The summed E-state index contributed by atoms with van der Waals surface area (Å²) in [5.41, 5.74) is 1.60. The van der Waals surface area contributed by atoms with Crippen LogP contribution in [0.4, 0.5) is 0 Å². The van der Waals surface area contributed by atoms with E-state index >= 15 is 0 Å². The summed E-state index contributed by atoms with van der Waals surface area (Å²) in [4.78, 5) is 17.5. The van der Waals surface area contributed by atoms with Crippen molar-refractivity contribution in [1.29, 1.82) is 0 Å². The maximum Gasteiger partial charge on any atom is 0.252 e. The number of morpholine rings is 1. The van der Waals surface area contributed by atoms with E-state index < -0.39 is 0 Å². The van der Waals surface area contributed by atoms with Gasteiger partial charge in [0.2, 0.25) is 0 Å². The average molecular weight is 325 g/mol. The summed E-state index contributed by atoms with van der Waals surface area (Å²) in [5, 5.41) is 9.09. The van der Waals surface area contributed by atoms with Crippen LogP contribution in [0.3, 0.4) is 0 Å². The van der Waals surface area contributed by atoms with Gasteiger partial charge in [-0.3, -0.25) is 9.69 Å². The Balaban J connectivity index is 1.56. The molecule has 0 aliphatic carbocycles. The molecule has 7 nitrogen and oxygen atoms in total. The highest BCUT2D eigenvalue weighted by Crippen LogP contribution is 2.21. The summed E-state index contributed by atoms with van der Waals surface area (Å²) in [6.45, 7) is 2.69. The van der Waals surface area contributed by atoms with Gasteiger partial charge in [-0.1, -0.05) is 18.2 Å². The summed E-state index contributed by atoms with van der Waals surface area (Å²) >= 11 is 0. The van der Waals surface area contributed by atoms with Gasteiger partial charge in [0.15, 0.2) is 5.82 Å². The molecule has 1 atom stereocenters. The zero-order chi connectivity index (χ0) is 16.5. The standard InChI is InChI=1S/C17H19N5O2/c1-21-11-18-20-16(21)15-10-22(6-7-24-15)9-13-8-12-4-2-3-5-14(12)19-17(13)23/h2-5,8,11,15H,6-7,9-10H2,1H3,(H,19,23)/t15-/m1/s1. The molecule has 1 fully saturated rings. The van der Waals surface area contributed by atoms with E-state index in [-0.39, 0.29) is 11.7 Å². The second-order valence-corrected chi connectivity index (χ2v) is 6.11. The molecule has 4 rings (SSSR count). The predicted molar refractivity (Wildman–Crippen MR) is 89.5 cm³/mol. The van der Waals surface area contributed by atoms with Crippen molar-refractivity contribution in [2.45, 2.75) is 12.6 Å². The normalized spacial score (nSPS) is 19.0. The fourth-order valence-corrected chi connectivity index (χ4v) is 3.14. The van der Waals surface area contributed by atoms with Crippen LogP contribution in [-0.2, 0) is 18.3 Å². The van der Waals surface area contributed by atoms with E-state index in [1.54, 1.807) is 6.33 Å². The van der Waals surface area contributed by atoms with Crippen molar-refractivity contribution in [3.63, 3.8) is 0 Å². The Bertz CT molecular complexity index is 916. The van der Waals surface area contributed by atoms with Crippen molar-refractivity contribution < 1.29 is 4.74 Å². The first-order valence-electron chi connectivity index (χ1n) is 7.99. The third-order valence-corrected chi connectivity index (χ3v) is 4.41. The lowest BCUT2D eigenvalue weighted by Crippen LogP contribution is -2.39. The highest BCUT2D eigenvalue weighted by Gasteiger charge is 2.25. The summed E-state index contributed by atoms with van der Waals surface area (Å²) in [6.07, 6.45) is 1.55. The smallest absolute Gasteiger partial charge is 0.252 e. The van der Waals surface area contributed by atoms with Gasteiger partial charge < -0.3 is 14.3 Å². The van der Waals surface area contributed by atoms with Gasteiger partial charge in [0, 0.05) is 37.8 Å². The Morgan fingerprint density at radius 2 is 2.25 bits per heavy atom. The quantitative estimate of drug-likeness (QED) is 0.784. The number of ether oxygens (including phenoxy) is 1. The first-order valence-corrected chi connectivity index (χ1v) is 7.99. The number of fused-ring (bicyclic) bond motifs is 1. The fourth-order valence-electron chi connectivity index (χ4n) is 3.14. The number of hydrogen-bond donors (Lipinski definition) is 1. The van der Waals surface area contributed by atoms with Crippen LogP contribution >= 0.6 is 0 Å². The fraction of sp³-hybridized carbons (Fsp3) is 0.353. The Morgan fingerprint density at radius 3 is 3.08 bits per heavy atom. The van der Waals surface area contributed by atoms with Gasteiger partial charge in [-0.15, -0.1) is 10.2 Å². The molecule has 1 aliphatic rings. The zero-order valence-corrected chi connectivity index (χ0v) is 13.5. The molecule has 1 N–H and O–H groups in total. The van der Waals surface area contributed by atoms with E-state index in [1.165, 1.54) is 0 Å². The van der Waals surface area contributed by atoms with Crippen molar-refractivity contribution in [2.75, 3.05) is 19.7 Å². The summed E-state index contributed by atoms with van der Waals surface area (Å²) in [7, 11) is 1.91. The van der Waals surface area contributed by atoms with Gasteiger partial charge in [-0.05, 0) is 17.5 Å². The van der Waals surface area contributed by atoms with E-state index in [1.807, 2.05) is 41.9 Å². The van der Waals surface area contributed by atoms with Gasteiger partial charge in [0.1, 0.15) is 12.4 Å². The number of aryl methyl sites for hydroxylation is 1. The number of para-hydroxylation sites is 1. The lowest BCUT2D eigenvalue weighted by molar-refractivity contribution is -0.0386. The number of aromatic nitrogens is 4. The Hall–Kier alpha value is -2.51. The predicted octanol–water partition coefficient (Wildman–Crippen LogP) is 1.23. The molecule has 0 spiro atoms. The number of hydrogen-bond acceptors (Lipinski definition) is 5. The van der Waals surface area contributed by atoms with Gasteiger partial charge in [0.25, 0.3) is 5.56 Å². The zero-order valence-electron chi connectivity index (χ0n) is 13.5. The summed E-state index contributed by atoms with van der Waals surface area (Å²) < 4.78 is 7.69. The van der Waals surface area contributed by atoms with E-state index in [4.69, 9.17) is 4.74 Å². The van der Waals surface area contributed by atoms with Gasteiger partial charge in [-0.25, -0.2) is 0 Å². The Kier molecular flexibility index (Phi) is 3.87. The van der Waals surface area contributed by atoms with Crippen LogP contribution in [0.1, 0.15) is 17.5 Å². The van der Waals surface area contributed by atoms with Crippen LogP contribution < -0.4 is 5.56 Å². The first kappa shape index (κ1) is 15.0. The molecule has 7 heteroatoms. The van der Waals surface area contributed by atoms with Crippen LogP contribution in [0, 0.1) is 0 Å². The molecular formula is C17H19N5O2. The third kappa shape index (κ3) is 2.83. The number of nitrogens with one attached hydrogen (secondary N) is 1. The summed E-state index contributed by atoms with van der Waals surface area (Å²) in [6, 6.07) is 9.80. The number of pyridine rings is 1. The molecule has 3 aromatic rings. The highest BCUT2D eigenvalue weighted by atomic mass is 16.5. The second kappa shape index (κ2) is 6.18. The van der Waals surface area contributed by atoms with Crippen molar-refractivity contribution in [1.82, 2.24) is 24.6 Å². The molecule has 0 amide bonds. The largest absolute Gasteiger partial charge is 0.368 e. The summed E-state index contributed by atoms with van der Waals surface area (Å²) in [5.74, 6) is 0.812. The number of nitrogens with zero attached hydrogens (tertiary/aromatic N) is 4.